The molecule has 2 aromatic rings. The Balaban J connectivity index is 2.00. The lowest BCUT2D eigenvalue weighted by atomic mass is 10.1. The average molecular weight is 287 g/mol. The molecule has 0 fully saturated rings. The third-order valence-corrected chi connectivity index (χ3v) is 2.99. The Labute approximate surface area is 123 Å². The van der Waals surface area contributed by atoms with Crippen molar-refractivity contribution in [2.75, 3.05) is 6.54 Å². The Bertz CT molecular complexity index is 631. The van der Waals surface area contributed by atoms with Crippen molar-refractivity contribution >= 4 is 12.0 Å². The van der Waals surface area contributed by atoms with Crippen molar-refractivity contribution in [3.63, 3.8) is 0 Å². The molecule has 0 atom stereocenters. The molecule has 2 rings (SSSR count). The van der Waals surface area contributed by atoms with Gasteiger partial charge in [-0.05, 0) is 36.8 Å². The first-order valence-corrected chi connectivity index (χ1v) is 7.01. The van der Waals surface area contributed by atoms with Gasteiger partial charge in [-0.25, -0.2) is 4.39 Å². The van der Waals surface area contributed by atoms with E-state index in [9.17, 15) is 9.18 Å². The van der Waals surface area contributed by atoms with Crippen LogP contribution < -0.4 is 5.32 Å². The lowest BCUT2D eigenvalue weighted by Gasteiger charge is -1.99. The molecule has 1 N–H and O–H groups in total. The van der Waals surface area contributed by atoms with Gasteiger partial charge in [0.1, 0.15) is 17.3 Å². The molecule has 1 heterocycles. The molecule has 1 amide bonds. The monoisotopic (exact) mass is 287 g/mol. The molecule has 0 aliphatic heterocycles. The number of amides is 1. The van der Waals surface area contributed by atoms with E-state index in [1.807, 2.05) is 0 Å². The lowest BCUT2D eigenvalue weighted by molar-refractivity contribution is -0.116. The number of halogens is 1. The van der Waals surface area contributed by atoms with Crippen LogP contribution in [0, 0.1) is 5.82 Å². The maximum Gasteiger partial charge on any atom is 0.244 e. The number of nitrogens with one attached hydrogen (secondary N) is 1. The fourth-order valence-electron chi connectivity index (χ4n) is 1.85. The standard InChI is InChI=1S/C17H18FNO2/c1-2-3-12-19-17(20)11-9-13-8-10-16(21-13)14-6-4-5-7-15(14)18/h4-11H,2-3,12H2,1H3,(H,19,20)/b11-9+. The van der Waals surface area contributed by atoms with Crippen LogP contribution in [-0.2, 0) is 4.79 Å². The molecular weight excluding hydrogens is 269 g/mol. The van der Waals surface area contributed by atoms with Crippen LogP contribution in [0.25, 0.3) is 17.4 Å². The number of rotatable bonds is 6. The molecule has 21 heavy (non-hydrogen) atoms. The van der Waals surface area contributed by atoms with Crippen LogP contribution in [0.3, 0.4) is 0 Å². The zero-order valence-electron chi connectivity index (χ0n) is 11.9. The summed E-state index contributed by atoms with van der Waals surface area (Å²) in [6.07, 6.45) is 4.98. The smallest absolute Gasteiger partial charge is 0.244 e. The number of hydrogen-bond acceptors (Lipinski definition) is 2. The quantitative estimate of drug-likeness (QED) is 0.644. The summed E-state index contributed by atoms with van der Waals surface area (Å²) in [5.41, 5.74) is 0.407. The van der Waals surface area contributed by atoms with Crippen LogP contribution in [-0.4, -0.2) is 12.5 Å². The summed E-state index contributed by atoms with van der Waals surface area (Å²) in [4.78, 5) is 11.5. The van der Waals surface area contributed by atoms with Crippen molar-refractivity contribution in [3.8, 4) is 11.3 Å². The highest BCUT2D eigenvalue weighted by atomic mass is 19.1. The zero-order chi connectivity index (χ0) is 15.1. The first kappa shape index (κ1) is 15.0. The summed E-state index contributed by atoms with van der Waals surface area (Å²) >= 11 is 0. The lowest BCUT2D eigenvalue weighted by Crippen LogP contribution is -2.21. The van der Waals surface area contributed by atoms with Gasteiger partial charge in [-0.2, -0.15) is 0 Å². The van der Waals surface area contributed by atoms with Crippen LogP contribution in [0.2, 0.25) is 0 Å². The van der Waals surface area contributed by atoms with E-state index in [1.165, 1.54) is 12.1 Å². The third kappa shape index (κ3) is 4.31. The van der Waals surface area contributed by atoms with Crippen molar-refractivity contribution in [1.82, 2.24) is 5.32 Å². The third-order valence-electron chi connectivity index (χ3n) is 2.99. The van der Waals surface area contributed by atoms with Gasteiger partial charge >= 0.3 is 0 Å². The predicted molar refractivity (Wildman–Crippen MR) is 81.1 cm³/mol. The summed E-state index contributed by atoms with van der Waals surface area (Å²) < 4.78 is 19.1. The van der Waals surface area contributed by atoms with E-state index >= 15 is 0 Å². The van der Waals surface area contributed by atoms with E-state index in [-0.39, 0.29) is 11.7 Å². The molecule has 4 heteroatoms. The molecule has 0 saturated heterocycles. The Kier molecular flexibility index (Phi) is 5.32. The number of furan rings is 1. The Morgan fingerprint density at radius 3 is 2.86 bits per heavy atom. The van der Waals surface area contributed by atoms with Gasteiger partial charge in [0, 0.05) is 12.6 Å². The summed E-state index contributed by atoms with van der Waals surface area (Å²) in [6.45, 7) is 2.73. The van der Waals surface area contributed by atoms with Crippen LogP contribution in [0.4, 0.5) is 4.39 Å². The number of carbonyl (C=O) groups is 1. The molecule has 0 aliphatic carbocycles. The minimum absolute atomic E-state index is 0.160. The van der Waals surface area contributed by atoms with E-state index < -0.39 is 0 Å². The highest BCUT2D eigenvalue weighted by Crippen LogP contribution is 2.25. The van der Waals surface area contributed by atoms with Gasteiger partial charge in [0.05, 0.1) is 5.56 Å². The van der Waals surface area contributed by atoms with E-state index in [1.54, 1.807) is 36.4 Å². The van der Waals surface area contributed by atoms with Crippen LogP contribution in [0.1, 0.15) is 25.5 Å². The maximum absolute atomic E-state index is 13.6. The SMILES string of the molecule is CCCCNC(=O)/C=C/c1ccc(-c2ccccc2F)o1. The topological polar surface area (TPSA) is 42.2 Å². The molecular formula is C17H18FNO2. The second-order valence-electron chi connectivity index (χ2n) is 4.66. The number of hydrogen-bond donors (Lipinski definition) is 1. The fraction of sp³-hybridized carbons (Fsp3) is 0.235. The Morgan fingerprint density at radius 1 is 1.29 bits per heavy atom. The maximum atomic E-state index is 13.6. The van der Waals surface area contributed by atoms with E-state index in [4.69, 9.17) is 4.42 Å². The fourth-order valence-corrected chi connectivity index (χ4v) is 1.85. The van der Waals surface area contributed by atoms with Crippen molar-refractivity contribution in [1.29, 1.82) is 0 Å². The summed E-state index contributed by atoms with van der Waals surface area (Å²) in [5, 5.41) is 2.77. The molecule has 1 aromatic carbocycles. The van der Waals surface area contributed by atoms with Gasteiger partial charge in [0.25, 0.3) is 0 Å². The van der Waals surface area contributed by atoms with Crippen LogP contribution >= 0.6 is 0 Å². The molecule has 3 nitrogen and oxygen atoms in total. The molecule has 0 saturated carbocycles. The minimum Gasteiger partial charge on any atom is -0.457 e. The molecule has 0 spiro atoms. The van der Waals surface area contributed by atoms with Crippen LogP contribution in [0.15, 0.2) is 46.9 Å². The van der Waals surface area contributed by atoms with Crippen molar-refractivity contribution < 1.29 is 13.6 Å². The minimum atomic E-state index is -0.334. The largest absolute Gasteiger partial charge is 0.457 e. The van der Waals surface area contributed by atoms with E-state index in [2.05, 4.69) is 12.2 Å². The second kappa shape index (κ2) is 7.43. The van der Waals surface area contributed by atoms with E-state index in [0.717, 1.165) is 12.8 Å². The van der Waals surface area contributed by atoms with Gasteiger partial charge in [-0.1, -0.05) is 25.5 Å². The van der Waals surface area contributed by atoms with E-state index in [0.29, 0.717) is 23.6 Å². The number of unbranched alkanes of at least 4 members (excludes halogenated alkanes) is 1. The molecule has 0 aliphatic rings. The first-order chi connectivity index (χ1) is 10.2. The highest BCUT2D eigenvalue weighted by Gasteiger charge is 2.07. The zero-order valence-corrected chi connectivity index (χ0v) is 11.9. The predicted octanol–water partition coefficient (Wildman–Crippen LogP) is 4.02. The van der Waals surface area contributed by atoms with Crippen molar-refractivity contribution in [2.24, 2.45) is 0 Å². The van der Waals surface area contributed by atoms with Gasteiger partial charge in [-0.3, -0.25) is 4.79 Å². The average Bonchev–Trinajstić information content (AvgIpc) is 2.94. The van der Waals surface area contributed by atoms with Crippen molar-refractivity contribution in [3.05, 3.63) is 54.1 Å². The molecule has 0 radical (unpaired) electrons. The van der Waals surface area contributed by atoms with Gasteiger partial charge in [0.2, 0.25) is 5.91 Å². The Morgan fingerprint density at radius 2 is 2.10 bits per heavy atom. The summed E-state index contributed by atoms with van der Waals surface area (Å²) in [6, 6.07) is 9.80. The number of carbonyl (C=O) groups excluding carboxylic acids is 1. The first-order valence-electron chi connectivity index (χ1n) is 7.01. The van der Waals surface area contributed by atoms with Crippen molar-refractivity contribution in [2.45, 2.75) is 19.8 Å². The second-order valence-corrected chi connectivity index (χ2v) is 4.66. The molecule has 110 valence electrons. The molecule has 0 bridgehead atoms. The summed E-state index contributed by atoms with van der Waals surface area (Å²) in [7, 11) is 0. The highest BCUT2D eigenvalue weighted by molar-refractivity contribution is 5.91. The summed E-state index contributed by atoms with van der Waals surface area (Å²) in [5.74, 6) is 0.463. The molecule has 1 aromatic heterocycles. The molecule has 0 unspecified atom stereocenters. The number of benzene rings is 1. The van der Waals surface area contributed by atoms with Gasteiger partial charge in [-0.15, -0.1) is 0 Å². The van der Waals surface area contributed by atoms with Crippen LogP contribution in [0.5, 0.6) is 0 Å². The normalized spacial score (nSPS) is 11.0. The Hall–Kier alpha value is -2.36. The van der Waals surface area contributed by atoms with Gasteiger partial charge < -0.3 is 9.73 Å². The van der Waals surface area contributed by atoms with Gasteiger partial charge in [0.15, 0.2) is 0 Å².